The van der Waals surface area contributed by atoms with Crippen molar-refractivity contribution in [3.05, 3.63) is 35.4 Å². The zero-order valence-electron chi connectivity index (χ0n) is 19.4. The molecule has 5 nitrogen and oxygen atoms in total. The predicted molar refractivity (Wildman–Crippen MR) is 117 cm³/mol. The van der Waals surface area contributed by atoms with Gasteiger partial charge >= 0.3 is 11.9 Å². The first-order valence-corrected chi connectivity index (χ1v) is 10.5. The average molecular weight is 406 g/mol. The second kappa shape index (κ2) is 9.75. The Morgan fingerprint density at radius 2 is 1.52 bits per heavy atom. The summed E-state index contributed by atoms with van der Waals surface area (Å²) in [4.78, 5) is 25.4. The lowest BCUT2D eigenvalue weighted by molar-refractivity contribution is -0.172. The molecule has 0 aliphatic heterocycles. The molecular weight excluding hydrogens is 366 g/mol. The molecule has 0 aliphatic carbocycles. The lowest BCUT2D eigenvalue weighted by atomic mass is 9.82. The molecule has 0 fully saturated rings. The van der Waals surface area contributed by atoms with Gasteiger partial charge < -0.3 is 15.2 Å². The van der Waals surface area contributed by atoms with Gasteiger partial charge in [0.25, 0.3) is 0 Å². The van der Waals surface area contributed by atoms with E-state index in [1.807, 2.05) is 6.92 Å². The van der Waals surface area contributed by atoms with E-state index in [0.29, 0.717) is 0 Å². The molecule has 0 radical (unpaired) electrons. The van der Waals surface area contributed by atoms with Crippen molar-refractivity contribution in [2.45, 2.75) is 91.2 Å². The van der Waals surface area contributed by atoms with Crippen LogP contribution in [0.2, 0.25) is 0 Å². The number of hydrogen-bond donors (Lipinski definition) is 1. The monoisotopic (exact) mass is 405 g/mol. The zero-order valence-corrected chi connectivity index (χ0v) is 19.4. The largest absolute Gasteiger partial charge is 0.464 e. The first-order valence-electron chi connectivity index (χ1n) is 10.5. The fourth-order valence-corrected chi connectivity index (χ4v) is 3.17. The van der Waals surface area contributed by atoms with Crippen LogP contribution in [0.5, 0.6) is 0 Å². The summed E-state index contributed by atoms with van der Waals surface area (Å²) in [5, 5.41) is 0. The average Bonchev–Trinajstić information content (AvgIpc) is 2.59. The van der Waals surface area contributed by atoms with Gasteiger partial charge in [0.15, 0.2) is 0 Å². The Morgan fingerprint density at radius 1 is 0.966 bits per heavy atom. The van der Waals surface area contributed by atoms with Crippen molar-refractivity contribution in [3.8, 4) is 0 Å². The SMILES string of the molecule is CCOC(=O)[C@@](N)(C[C@H](CC)Cc1ccc(C(C)(C)C)cc1)C(=O)OC(C)(C)C. The number of carbonyl (C=O) groups excluding carboxylic acids is 2. The Hall–Kier alpha value is -1.88. The Morgan fingerprint density at radius 3 is 1.93 bits per heavy atom. The molecule has 5 heteroatoms. The number of benzene rings is 1. The first-order chi connectivity index (χ1) is 13.2. The van der Waals surface area contributed by atoms with E-state index in [0.717, 1.165) is 18.4 Å². The van der Waals surface area contributed by atoms with E-state index in [-0.39, 0.29) is 24.4 Å². The van der Waals surface area contributed by atoms with E-state index in [1.165, 1.54) is 5.56 Å². The van der Waals surface area contributed by atoms with E-state index in [2.05, 4.69) is 45.0 Å². The zero-order chi connectivity index (χ0) is 22.5. The molecule has 0 heterocycles. The van der Waals surface area contributed by atoms with Crippen molar-refractivity contribution < 1.29 is 19.1 Å². The van der Waals surface area contributed by atoms with Crippen LogP contribution in [0.3, 0.4) is 0 Å². The maximum atomic E-state index is 12.8. The van der Waals surface area contributed by atoms with Crippen LogP contribution in [0.25, 0.3) is 0 Å². The smallest absolute Gasteiger partial charge is 0.338 e. The summed E-state index contributed by atoms with van der Waals surface area (Å²) in [6.45, 7) is 15.7. The Balaban J connectivity index is 3.05. The van der Waals surface area contributed by atoms with Crippen molar-refractivity contribution >= 4 is 11.9 Å². The van der Waals surface area contributed by atoms with Crippen LogP contribution in [-0.2, 0) is 30.9 Å². The fraction of sp³-hybridized carbons (Fsp3) is 0.667. The quantitative estimate of drug-likeness (QED) is 0.507. The van der Waals surface area contributed by atoms with Crippen LogP contribution in [0.1, 0.15) is 79.4 Å². The van der Waals surface area contributed by atoms with Crippen LogP contribution >= 0.6 is 0 Å². The molecule has 0 unspecified atom stereocenters. The van der Waals surface area contributed by atoms with Crippen LogP contribution < -0.4 is 5.73 Å². The fourth-order valence-electron chi connectivity index (χ4n) is 3.17. The highest BCUT2D eigenvalue weighted by Crippen LogP contribution is 2.28. The van der Waals surface area contributed by atoms with Crippen molar-refractivity contribution in [3.63, 3.8) is 0 Å². The lowest BCUT2D eigenvalue weighted by Gasteiger charge is -2.32. The molecule has 0 aliphatic rings. The molecule has 1 rings (SSSR count). The van der Waals surface area contributed by atoms with Gasteiger partial charge in [0.05, 0.1) is 6.61 Å². The van der Waals surface area contributed by atoms with Crippen molar-refractivity contribution in [1.29, 1.82) is 0 Å². The van der Waals surface area contributed by atoms with E-state index >= 15 is 0 Å². The highest BCUT2D eigenvalue weighted by Gasteiger charge is 2.47. The first kappa shape index (κ1) is 25.2. The molecule has 0 spiro atoms. The van der Waals surface area contributed by atoms with Gasteiger partial charge in [-0.25, -0.2) is 9.59 Å². The van der Waals surface area contributed by atoms with Crippen molar-refractivity contribution in [2.75, 3.05) is 6.61 Å². The maximum Gasteiger partial charge on any atom is 0.338 e. The van der Waals surface area contributed by atoms with Gasteiger partial charge in [-0.3, -0.25) is 0 Å². The van der Waals surface area contributed by atoms with Gasteiger partial charge in [-0.15, -0.1) is 0 Å². The van der Waals surface area contributed by atoms with Crippen LogP contribution in [-0.4, -0.2) is 29.7 Å². The van der Waals surface area contributed by atoms with Gasteiger partial charge in [0.1, 0.15) is 5.60 Å². The van der Waals surface area contributed by atoms with E-state index in [1.54, 1.807) is 27.7 Å². The highest BCUT2D eigenvalue weighted by molar-refractivity contribution is 6.04. The van der Waals surface area contributed by atoms with Gasteiger partial charge in [-0.1, -0.05) is 58.4 Å². The molecule has 0 aromatic heterocycles. The van der Waals surface area contributed by atoms with Crippen molar-refractivity contribution in [1.82, 2.24) is 0 Å². The van der Waals surface area contributed by atoms with Crippen molar-refractivity contribution in [2.24, 2.45) is 11.7 Å². The highest BCUT2D eigenvalue weighted by atomic mass is 16.6. The number of hydrogen-bond acceptors (Lipinski definition) is 5. The summed E-state index contributed by atoms with van der Waals surface area (Å²) in [5.74, 6) is -1.42. The minimum absolute atomic E-state index is 0.0393. The number of nitrogens with two attached hydrogens (primary N) is 1. The van der Waals surface area contributed by atoms with Gasteiger partial charge in [0, 0.05) is 0 Å². The van der Waals surface area contributed by atoms with Crippen LogP contribution in [0.4, 0.5) is 0 Å². The van der Waals surface area contributed by atoms with Gasteiger partial charge in [0.2, 0.25) is 5.54 Å². The second-order valence-electron chi connectivity index (χ2n) is 9.82. The standard InChI is InChI=1S/C24H39NO4/c1-9-17(15-18-11-13-19(14-12-18)22(3,4)5)16-24(25,20(26)28-10-2)21(27)29-23(6,7)8/h11-14,17H,9-10,15-16,25H2,1-8H3/t17-,24+/m1/s1. The lowest BCUT2D eigenvalue weighted by Crippen LogP contribution is -2.59. The Kier molecular flexibility index (Phi) is 8.46. The second-order valence-corrected chi connectivity index (χ2v) is 9.82. The third kappa shape index (κ3) is 7.46. The van der Waals surface area contributed by atoms with Gasteiger partial charge in [-0.05, 0) is 63.0 Å². The molecule has 0 amide bonds. The Labute approximate surface area is 176 Å². The topological polar surface area (TPSA) is 78.6 Å². The molecule has 164 valence electrons. The molecule has 2 atom stereocenters. The molecule has 0 saturated heterocycles. The molecule has 0 saturated carbocycles. The molecule has 29 heavy (non-hydrogen) atoms. The summed E-state index contributed by atoms with van der Waals surface area (Å²) >= 11 is 0. The van der Waals surface area contributed by atoms with Crippen LogP contribution in [0.15, 0.2) is 24.3 Å². The summed E-state index contributed by atoms with van der Waals surface area (Å²) in [7, 11) is 0. The summed E-state index contributed by atoms with van der Waals surface area (Å²) in [6.07, 6.45) is 1.68. The number of ether oxygens (including phenoxy) is 2. The maximum absolute atomic E-state index is 12.8. The van der Waals surface area contributed by atoms with Gasteiger partial charge in [-0.2, -0.15) is 0 Å². The van der Waals surface area contributed by atoms with Crippen LogP contribution in [0, 0.1) is 5.92 Å². The summed E-state index contributed by atoms with van der Waals surface area (Å²) in [5.41, 5.74) is 6.31. The minimum Gasteiger partial charge on any atom is -0.464 e. The third-order valence-electron chi connectivity index (χ3n) is 4.94. The third-order valence-corrected chi connectivity index (χ3v) is 4.94. The normalized spacial score (nSPS) is 15.3. The predicted octanol–water partition coefficient (Wildman–Crippen LogP) is 4.55. The molecule has 1 aromatic rings. The summed E-state index contributed by atoms with van der Waals surface area (Å²) < 4.78 is 10.6. The van der Waals surface area contributed by atoms with E-state index < -0.39 is 23.1 Å². The van der Waals surface area contributed by atoms with E-state index in [4.69, 9.17) is 15.2 Å². The molecule has 2 N–H and O–H groups in total. The Bertz CT molecular complexity index is 682. The molecule has 0 bridgehead atoms. The van der Waals surface area contributed by atoms with E-state index in [9.17, 15) is 9.59 Å². The number of esters is 2. The molecule has 1 aromatic carbocycles. The number of carbonyl (C=O) groups is 2. The molecular formula is C24H39NO4. The number of rotatable bonds is 8. The summed E-state index contributed by atoms with van der Waals surface area (Å²) in [6, 6.07) is 8.49. The minimum atomic E-state index is -1.81.